The van der Waals surface area contributed by atoms with Gasteiger partial charge < -0.3 is 5.32 Å². The minimum absolute atomic E-state index is 0.125. The molecule has 1 aliphatic rings. The molecule has 0 bridgehead atoms. The third-order valence-electron chi connectivity index (χ3n) is 2.56. The Hall–Kier alpha value is -1.08. The van der Waals surface area contributed by atoms with Crippen LogP contribution < -0.4 is 5.32 Å². The Bertz CT molecular complexity index is 525. The van der Waals surface area contributed by atoms with Crippen molar-refractivity contribution in [3.8, 4) is 0 Å². The Balaban J connectivity index is 2.24. The molecule has 1 aromatic rings. The van der Waals surface area contributed by atoms with Crippen LogP contribution in [-0.2, 0) is 9.84 Å². The number of fused-ring (bicyclic) bond motifs is 1. The molecule has 2 rings (SSSR count). The summed E-state index contributed by atoms with van der Waals surface area (Å²) in [6, 6.07) is 5.34. The zero-order valence-corrected chi connectivity index (χ0v) is 9.48. The van der Waals surface area contributed by atoms with Crippen LogP contribution in [0.2, 0.25) is 0 Å². The van der Waals surface area contributed by atoms with Gasteiger partial charge in [0, 0.05) is 6.04 Å². The van der Waals surface area contributed by atoms with E-state index in [9.17, 15) is 21.6 Å². The maximum Gasteiger partial charge on any atom is 0.401 e. The number of hydrogen-bond donors (Lipinski definition) is 1. The fourth-order valence-corrected chi connectivity index (χ4v) is 3.63. The van der Waals surface area contributed by atoms with Crippen molar-refractivity contribution in [2.75, 3.05) is 12.3 Å². The van der Waals surface area contributed by atoms with Crippen molar-refractivity contribution in [2.24, 2.45) is 0 Å². The number of alkyl halides is 3. The first-order chi connectivity index (χ1) is 7.80. The molecular formula is C10H10F3NO2S. The van der Waals surface area contributed by atoms with Gasteiger partial charge in [0.05, 0.1) is 17.2 Å². The van der Waals surface area contributed by atoms with Gasteiger partial charge in [-0.25, -0.2) is 8.42 Å². The maximum atomic E-state index is 12.1. The van der Waals surface area contributed by atoms with Crippen LogP contribution in [-0.4, -0.2) is 26.9 Å². The smallest absolute Gasteiger partial charge is 0.301 e. The standard InChI is InChI=1S/C10H10F3NO2S/c11-10(12,13)6-14-8-5-17(15,16)9-4-2-1-3-7(8)9/h1-4,8,14H,5-6H2. The Labute approximate surface area is 96.6 Å². The number of benzene rings is 1. The van der Waals surface area contributed by atoms with Gasteiger partial charge in [0.15, 0.2) is 9.84 Å². The van der Waals surface area contributed by atoms with Gasteiger partial charge in [-0.3, -0.25) is 0 Å². The molecule has 1 atom stereocenters. The molecule has 0 amide bonds. The molecule has 94 valence electrons. The summed E-state index contributed by atoms with van der Waals surface area (Å²) >= 11 is 0. The van der Waals surface area contributed by atoms with Crippen molar-refractivity contribution in [1.29, 1.82) is 0 Å². The molecule has 0 fully saturated rings. The van der Waals surface area contributed by atoms with Gasteiger partial charge in [0.1, 0.15) is 0 Å². The molecular weight excluding hydrogens is 255 g/mol. The predicted octanol–water partition coefficient (Wildman–Crippen LogP) is 1.67. The molecule has 1 N–H and O–H groups in total. The number of halogens is 3. The largest absolute Gasteiger partial charge is 0.401 e. The number of rotatable bonds is 2. The maximum absolute atomic E-state index is 12.1. The quantitative estimate of drug-likeness (QED) is 0.884. The first-order valence-electron chi connectivity index (χ1n) is 4.91. The molecule has 1 unspecified atom stereocenters. The van der Waals surface area contributed by atoms with Crippen LogP contribution in [0, 0.1) is 0 Å². The van der Waals surface area contributed by atoms with Gasteiger partial charge in [-0.15, -0.1) is 0 Å². The van der Waals surface area contributed by atoms with Gasteiger partial charge in [-0.05, 0) is 11.6 Å². The molecule has 17 heavy (non-hydrogen) atoms. The highest BCUT2D eigenvalue weighted by atomic mass is 32.2. The van der Waals surface area contributed by atoms with Gasteiger partial charge in [0.2, 0.25) is 0 Å². The van der Waals surface area contributed by atoms with E-state index < -0.39 is 28.6 Å². The molecule has 0 saturated heterocycles. The molecule has 3 nitrogen and oxygen atoms in total. The van der Waals surface area contributed by atoms with E-state index in [2.05, 4.69) is 5.32 Å². The van der Waals surface area contributed by atoms with Gasteiger partial charge in [-0.2, -0.15) is 13.2 Å². The van der Waals surface area contributed by atoms with Gasteiger partial charge in [0.25, 0.3) is 0 Å². The number of sulfone groups is 1. The number of nitrogens with one attached hydrogen (secondary N) is 1. The summed E-state index contributed by atoms with van der Waals surface area (Å²) in [6.07, 6.45) is -4.35. The van der Waals surface area contributed by atoms with E-state index in [1.807, 2.05) is 0 Å². The van der Waals surface area contributed by atoms with Crippen LogP contribution in [0.5, 0.6) is 0 Å². The van der Waals surface area contributed by atoms with Crippen LogP contribution in [0.1, 0.15) is 11.6 Å². The van der Waals surface area contributed by atoms with Crippen LogP contribution in [0.3, 0.4) is 0 Å². The molecule has 0 spiro atoms. The van der Waals surface area contributed by atoms with E-state index >= 15 is 0 Å². The summed E-state index contributed by atoms with van der Waals surface area (Å²) in [5.41, 5.74) is 0.414. The Kier molecular flexibility index (Phi) is 2.90. The summed E-state index contributed by atoms with van der Waals surface area (Å²) in [7, 11) is -3.45. The third kappa shape index (κ3) is 2.61. The lowest BCUT2D eigenvalue weighted by Crippen LogP contribution is -2.32. The van der Waals surface area contributed by atoms with Crippen molar-refractivity contribution >= 4 is 9.84 Å². The first-order valence-corrected chi connectivity index (χ1v) is 6.57. The molecule has 0 radical (unpaired) electrons. The molecule has 1 aromatic carbocycles. The fourth-order valence-electron chi connectivity index (χ4n) is 1.86. The zero-order valence-electron chi connectivity index (χ0n) is 8.66. The van der Waals surface area contributed by atoms with Crippen molar-refractivity contribution in [2.45, 2.75) is 17.1 Å². The van der Waals surface area contributed by atoms with Crippen LogP contribution in [0.4, 0.5) is 13.2 Å². The van der Waals surface area contributed by atoms with Crippen molar-refractivity contribution in [1.82, 2.24) is 5.32 Å². The Morgan fingerprint density at radius 2 is 1.94 bits per heavy atom. The third-order valence-corrected chi connectivity index (χ3v) is 4.38. The SMILES string of the molecule is O=S1(=O)CC(NCC(F)(F)F)c2ccccc21. The summed E-state index contributed by atoms with van der Waals surface area (Å²) in [5, 5.41) is 2.23. The van der Waals surface area contributed by atoms with E-state index in [4.69, 9.17) is 0 Å². The highest BCUT2D eigenvalue weighted by Crippen LogP contribution is 2.33. The normalized spacial score (nSPS) is 22.4. The summed E-state index contributed by atoms with van der Waals surface area (Å²) < 4.78 is 59.5. The van der Waals surface area contributed by atoms with E-state index in [0.29, 0.717) is 5.56 Å². The molecule has 7 heteroatoms. The van der Waals surface area contributed by atoms with Gasteiger partial charge >= 0.3 is 6.18 Å². The van der Waals surface area contributed by atoms with Crippen molar-refractivity contribution in [3.63, 3.8) is 0 Å². The van der Waals surface area contributed by atoms with Crippen LogP contribution >= 0.6 is 0 Å². The summed E-state index contributed by atoms with van der Waals surface area (Å²) in [6.45, 7) is -1.19. The second kappa shape index (κ2) is 3.99. The van der Waals surface area contributed by atoms with E-state index in [1.54, 1.807) is 12.1 Å². The summed E-state index contributed by atoms with van der Waals surface area (Å²) in [4.78, 5) is 0.125. The number of hydrogen-bond acceptors (Lipinski definition) is 3. The molecule has 0 saturated carbocycles. The predicted molar refractivity (Wildman–Crippen MR) is 55.3 cm³/mol. The molecule has 1 aliphatic heterocycles. The van der Waals surface area contributed by atoms with Crippen molar-refractivity contribution < 1.29 is 21.6 Å². The van der Waals surface area contributed by atoms with Crippen LogP contribution in [0.15, 0.2) is 29.2 Å². The summed E-state index contributed by atoms with van der Waals surface area (Å²) in [5.74, 6) is -0.317. The van der Waals surface area contributed by atoms with Crippen LogP contribution in [0.25, 0.3) is 0 Å². The fraction of sp³-hybridized carbons (Fsp3) is 0.400. The average Bonchev–Trinajstić information content (AvgIpc) is 2.48. The van der Waals surface area contributed by atoms with Crippen molar-refractivity contribution in [3.05, 3.63) is 29.8 Å². The lowest BCUT2D eigenvalue weighted by molar-refractivity contribution is -0.126. The monoisotopic (exact) mass is 265 g/mol. The first kappa shape index (κ1) is 12.4. The second-order valence-corrected chi connectivity index (χ2v) is 5.87. The second-order valence-electron chi connectivity index (χ2n) is 3.87. The van der Waals surface area contributed by atoms with E-state index in [0.717, 1.165) is 0 Å². The highest BCUT2D eigenvalue weighted by molar-refractivity contribution is 7.91. The minimum Gasteiger partial charge on any atom is -0.301 e. The average molecular weight is 265 g/mol. The zero-order chi connectivity index (χ0) is 12.7. The molecule has 0 aliphatic carbocycles. The molecule has 1 heterocycles. The van der Waals surface area contributed by atoms with Gasteiger partial charge in [-0.1, -0.05) is 18.2 Å². The topological polar surface area (TPSA) is 46.2 Å². The lowest BCUT2D eigenvalue weighted by Gasteiger charge is -2.14. The Morgan fingerprint density at radius 3 is 2.59 bits per heavy atom. The highest BCUT2D eigenvalue weighted by Gasteiger charge is 2.36. The van der Waals surface area contributed by atoms with E-state index in [-0.39, 0.29) is 10.6 Å². The minimum atomic E-state index is -4.35. The van der Waals surface area contributed by atoms with E-state index in [1.165, 1.54) is 12.1 Å². The lowest BCUT2D eigenvalue weighted by atomic mass is 10.1. The molecule has 0 aromatic heterocycles. The Morgan fingerprint density at radius 1 is 1.29 bits per heavy atom.